The van der Waals surface area contributed by atoms with Crippen molar-refractivity contribution in [2.24, 2.45) is 5.73 Å². The normalized spacial score (nSPS) is 9.69. The first-order valence-electron chi connectivity index (χ1n) is 3.27. The van der Waals surface area contributed by atoms with E-state index >= 15 is 0 Å². The molecule has 1 aromatic rings. The summed E-state index contributed by atoms with van der Waals surface area (Å²) in [5.74, 6) is -1.96. The van der Waals surface area contributed by atoms with Gasteiger partial charge in [-0.2, -0.15) is 0 Å². The van der Waals surface area contributed by atoms with Crippen LogP contribution in [0.5, 0.6) is 0 Å². The van der Waals surface area contributed by atoms with Gasteiger partial charge in [0.25, 0.3) is 0 Å². The van der Waals surface area contributed by atoms with Crippen LogP contribution in [0, 0.1) is 11.6 Å². The largest absolute Gasteiger partial charge is 0.351 e. The Balaban J connectivity index is 2.77. The smallest absolute Gasteiger partial charge is 0.322 e. The summed E-state index contributed by atoms with van der Waals surface area (Å²) in [6, 6.07) is 2.85. The van der Waals surface area contributed by atoms with Crippen LogP contribution in [0.15, 0.2) is 23.1 Å². The lowest BCUT2D eigenvalue weighted by molar-refractivity contribution is 0.254. The number of benzene rings is 1. The van der Waals surface area contributed by atoms with E-state index in [0.717, 1.165) is 6.07 Å². The summed E-state index contributed by atoms with van der Waals surface area (Å²) < 4.78 is 27.5. The molecule has 0 aliphatic rings. The van der Waals surface area contributed by atoms with Crippen molar-refractivity contribution in [2.45, 2.75) is 4.90 Å². The maximum atomic E-state index is 12.9. The summed E-state index contributed by atoms with van der Waals surface area (Å²) in [5.41, 5.74) is 4.74. The van der Waals surface area contributed by atoms with Crippen molar-refractivity contribution in [2.75, 3.05) is 0 Å². The quantitative estimate of drug-likeness (QED) is 0.719. The number of hydrogen-bond donors (Lipinski definition) is 2. The highest BCUT2D eigenvalue weighted by atomic mass is 32.2. The minimum Gasteiger partial charge on any atom is -0.351 e. The molecule has 3 nitrogen and oxygen atoms in total. The van der Waals surface area contributed by atoms with E-state index in [4.69, 9.17) is 5.73 Å². The van der Waals surface area contributed by atoms with Crippen LogP contribution < -0.4 is 10.5 Å². The van der Waals surface area contributed by atoms with Gasteiger partial charge in [0, 0.05) is 0 Å². The topological polar surface area (TPSA) is 55.1 Å². The minimum absolute atomic E-state index is 0.0150. The van der Waals surface area contributed by atoms with Gasteiger partial charge in [-0.05, 0) is 24.1 Å². The lowest BCUT2D eigenvalue weighted by atomic mass is 10.3. The van der Waals surface area contributed by atoms with E-state index in [1.165, 1.54) is 12.1 Å². The molecule has 0 bridgehead atoms. The van der Waals surface area contributed by atoms with E-state index in [0.29, 0.717) is 11.9 Å². The Labute approximate surface area is 77.4 Å². The van der Waals surface area contributed by atoms with Crippen molar-refractivity contribution in [3.8, 4) is 0 Å². The van der Waals surface area contributed by atoms with Crippen molar-refractivity contribution < 1.29 is 13.6 Å². The van der Waals surface area contributed by atoms with Crippen LogP contribution >= 0.6 is 11.9 Å². The molecule has 13 heavy (non-hydrogen) atoms. The molecule has 2 amide bonds. The zero-order valence-corrected chi connectivity index (χ0v) is 7.20. The third-order valence-corrected chi connectivity index (χ3v) is 2.02. The van der Waals surface area contributed by atoms with Crippen molar-refractivity contribution >= 4 is 18.0 Å². The van der Waals surface area contributed by atoms with Gasteiger partial charge in [0.2, 0.25) is 0 Å². The van der Waals surface area contributed by atoms with E-state index in [1.807, 2.05) is 0 Å². The van der Waals surface area contributed by atoms with Gasteiger partial charge >= 0.3 is 6.03 Å². The van der Waals surface area contributed by atoms with Crippen LogP contribution in [0.1, 0.15) is 0 Å². The molecular weight excluding hydrogens is 198 g/mol. The maximum absolute atomic E-state index is 12.9. The van der Waals surface area contributed by atoms with Crippen LogP contribution in [0.2, 0.25) is 0 Å². The van der Waals surface area contributed by atoms with E-state index in [2.05, 4.69) is 4.72 Å². The summed E-state index contributed by atoms with van der Waals surface area (Å²) in [6.45, 7) is 0. The van der Waals surface area contributed by atoms with Gasteiger partial charge in [-0.15, -0.1) is 0 Å². The molecule has 0 saturated heterocycles. The number of urea groups is 1. The van der Waals surface area contributed by atoms with Gasteiger partial charge in [0.15, 0.2) is 11.6 Å². The van der Waals surface area contributed by atoms with Gasteiger partial charge in [0.1, 0.15) is 0 Å². The number of hydrogen-bond acceptors (Lipinski definition) is 2. The molecule has 0 radical (unpaired) electrons. The molecule has 1 aromatic carbocycles. The first kappa shape index (κ1) is 9.79. The van der Waals surface area contributed by atoms with Crippen LogP contribution in [-0.4, -0.2) is 6.03 Å². The first-order chi connectivity index (χ1) is 6.11. The lowest BCUT2D eigenvalue weighted by Crippen LogP contribution is -2.22. The summed E-state index contributed by atoms with van der Waals surface area (Å²) in [7, 11) is 0. The third kappa shape index (κ3) is 2.59. The van der Waals surface area contributed by atoms with E-state index in [1.54, 1.807) is 0 Å². The number of carbonyl (C=O) groups is 1. The molecule has 0 unspecified atom stereocenters. The van der Waals surface area contributed by atoms with Gasteiger partial charge in [0.05, 0.1) is 4.90 Å². The highest BCUT2D eigenvalue weighted by molar-refractivity contribution is 7.98. The average Bonchev–Trinajstić information content (AvgIpc) is 2.07. The Morgan fingerprint density at radius 3 is 2.77 bits per heavy atom. The first-order valence-corrected chi connectivity index (χ1v) is 4.09. The Kier molecular flexibility index (Phi) is 3.07. The van der Waals surface area contributed by atoms with Crippen molar-refractivity contribution in [1.82, 2.24) is 4.72 Å². The Bertz CT molecular complexity index is 332. The monoisotopic (exact) mass is 204 g/mol. The second-order valence-corrected chi connectivity index (χ2v) is 2.97. The second-order valence-electron chi connectivity index (χ2n) is 2.12. The number of carbonyl (C=O) groups excluding carboxylic acids is 1. The standard InChI is InChI=1S/C7H6F2N2OS/c8-4-2-1-3-5(6(4)9)13-11-7(10)12/h1-3H,(H3,10,11,12). The van der Waals surface area contributed by atoms with Gasteiger partial charge in [-0.25, -0.2) is 13.6 Å². The molecule has 0 aromatic heterocycles. The van der Waals surface area contributed by atoms with Crippen LogP contribution in [-0.2, 0) is 0 Å². The number of rotatable bonds is 2. The highest BCUT2D eigenvalue weighted by Gasteiger charge is 2.08. The second kappa shape index (κ2) is 4.08. The average molecular weight is 204 g/mol. The SMILES string of the molecule is NC(=O)NSc1cccc(F)c1F. The van der Waals surface area contributed by atoms with E-state index in [9.17, 15) is 13.6 Å². The maximum Gasteiger partial charge on any atom is 0.322 e. The highest BCUT2D eigenvalue weighted by Crippen LogP contribution is 2.20. The fraction of sp³-hybridized carbons (Fsp3) is 0. The summed E-state index contributed by atoms with van der Waals surface area (Å²) >= 11 is 0.630. The predicted octanol–water partition coefficient (Wildman–Crippen LogP) is 1.64. The van der Waals surface area contributed by atoms with Crippen molar-refractivity contribution in [1.29, 1.82) is 0 Å². The molecule has 0 fully saturated rings. The third-order valence-electron chi connectivity index (χ3n) is 1.18. The Hall–Kier alpha value is -1.30. The van der Waals surface area contributed by atoms with Crippen LogP contribution in [0.4, 0.5) is 13.6 Å². The molecule has 0 aliphatic heterocycles. The number of primary amides is 1. The molecule has 0 spiro atoms. The van der Waals surface area contributed by atoms with Crippen molar-refractivity contribution in [3.05, 3.63) is 29.8 Å². The fourth-order valence-electron chi connectivity index (χ4n) is 0.668. The Morgan fingerprint density at radius 2 is 2.15 bits per heavy atom. The van der Waals surface area contributed by atoms with Crippen LogP contribution in [0.3, 0.4) is 0 Å². The summed E-state index contributed by atoms with van der Waals surface area (Å²) in [5, 5.41) is 0. The van der Waals surface area contributed by atoms with Crippen LogP contribution in [0.25, 0.3) is 0 Å². The van der Waals surface area contributed by atoms with Gasteiger partial charge in [-0.3, -0.25) is 4.72 Å². The molecule has 1 rings (SSSR count). The molecule has 0 heterocycles. The lowest BCUT2D eigenvalue weighted by Gasteiger charge is -2.02. The molecule has 0 saturated carbocycles. The van der Waals surface area contributed by atoms with E-state index < -0.39 is 17.7 Å². The molecule has 70 valence electrons. The predicted molar refractivity (Wildman–Crippen MR) is 44.9 cm³/mol. The summed E-state index contributed by atoms with van der Waals surface area (Å²) in [6.07, 6.45) is 0. The number of halogens is 2. The van der Waals surface area contributed by atoms with Gasteiger partial charge in [-0.1, -0.05) is 6.07 Å². The fourth-order valence-corrected chi connectivity index (χ4v) is 1.21. The molecule has 0 aliphatic carbocycles. The zero-order chi connectivity index (χ0) is 9.84. The molecule has 6 heteroatoms. The van der Waals surface area contributed by atoms with Gasteiger partial charge < -0.3 is 5.73 Å². The summed E-state index contributed by atoms with van der Waals surface area (Å²) in [4.78, 5) is 10.2. The molecular formula is C7H6F2N2OS. The molecule has 0 atom stereocenters. The Morgan fingerprint density at radius 1 is 1.46 bits per heavy atom. The van der Waals surface area contributed by atoms with E-state index in [-0.39, 0.29) is 4.90 Å². The minimum atomic E-state index is -0.999. The zero-order valence-electron chi connectivity index (χ0n) is 6.38. The number of nitrogens with two attached hydrogens (primary N) is 1. The number of amides is 2. The molecule has 3 N–H and O–H groups in total. The van der Waals surface area contributed by atoms with Crippen molar-refractivity contribution in [3.63, 3.8) is 0 Å². The number of nitrogens with one attached hydrogen (secondary N) is 1.